The third kappa shape index (κ3) is 2.97. The van der Waals surface area contributed by atoms with Crippen LogP contribution in [0.5, 0.6) is 0 Å². The van der Waals surface area contributed by atoms with Gasteiger partial charge in [-0.15, -0.1) is 0 Å². The molecule has 0 atom stereocenters. The molecular formula is C14H18N4. The molecule has 0 amide bonds. The molecule has 0 aliphatic carbocycles. The number of nitrogens with one attached hydrogen (secondary N) is 2. The molecule has 0 fully saturated rings. The molecule has 0 saturated carbocycles. The van der Waals surface area contributed by atoms with Crippen LogP contribution in [0.25, 0.3) is 0 Å². The Kier molecular flexibility index (Phi) is 4.12. The van der Waals surface area contributed by atoms with E-state index in [0.29, 0.717) is 5.95 Å². The summed E-state index contributed by atoms with van der Waals surface area (Å²) in [4.78, 5) is 8.55. The smallest absolute Gasteiger partial charge is 0.224 e. The highest BCUT2D eigenvalue weighted by molar-refractivity contribution is 5.61. The van der Waals surface area contributed by atoms with Crippen molar-refractivity contribution in [2.75, 3.05) is 17.2 Å². The first-order valence-corrected chi connectivity index (χ1v) is 6.25. The fourth-order valence-electron chi connectivity index (χ4n) is 1.76. The van der Waals surface area contributed by atoms with Gasteiger partial charge in [0.15, 0.2) is 0 Å². The van der Waals surface area contributed by atoms with Crippen LogP contribution in [0.1, 0.15) is 19.4 Å². The Labute approximate surface area is 107 Å². The fraction of sp³-hybridized carbons (Fsp3) is 0.286. The summed E-state index contributed by atoms with van der Waals surface area (Å²) in [7, 11) is 0. The van der Waals surface area contributed by atoms with E-state index in [1.54, 1.807) is 6.20 Å². The Morgan fingerprint density at radius 1 is 1.11 bits per heavy atom. The van der Waals surface area contributed by atoms with Gasteiger partial charge in [0.1, 0.15) is 5.82 Å². The van der Waals surface area contributed by atoms with Crippen LogP contribution in [-0.4, -0.2) is 16.5 Å². The third-order valence-electron chi connectivity index (χ3n) is 2.65. The predicted molar refractivity (Wildman–Crippen MR) is 75.3 cm³/mol. The maximum atomic E-state index is 4.40. The van der Waals surface area contributed by atoms with Gasteiger partial charge in [0.05, 0.1) is 0 Å². The molecule has 1 heterocycles. The molecule has 0 bridgehead atoms. The summed E-state index contributed by atoms with van der Waals surface area (Å²) in [6.45, 7) is 4.98. The number of para-hydroxylation sites is 1. The zero-order valence-electron chi connectivity index (χ0n) is 10.8. The quantitative estimate of drug-likeness (QED) is 0.845. The number of anilines is 3. The Morgan fingerprint density at radius 2 is 1.94 bits per heavy atom. The number of hydrogen-bond acceptors (Lipinski definition) is 4. The van der Waals surface area contributed by atoms with Gasteiger partial charge in [-0.3, -0.25) is 0 Å². The first-order chi connectivity index (χ1) is 8.83. The number of benzene rings is 1. The second kappa shape index (κ2) is 6.00. The maximum Gasteiger partial charge on any atom is 0.224 e. The standard InChI is InChI=1S/C14H18N4/c1-3-11-7-5-6-8-12(11)17-13-9-10-16-14(18-13)15-4-2/h5-10H,3-4H2,1-2H3,(H2,15,16,17,18). The lowest BCUT2D eigenvalue weighted by molar-refractivity contribution is 1.08. The summed E-state index contributed by atoms with van der Waals surface area (Å²) in [5.41, 5.74) is 2.38. The summed E-state index contributed by atoms with van der Waals surface area (Å²) in [6, 6.07) is 10.1. The van der Waals surface area contributed by atoms with E-state index in [-0.39, 0.29) is 0 Å². The maximum absolute atomic E-state index is 4.40. The van der Waals surface area contributed by atoms with Crippen molar-refractivity contribution in [2.45, 2.75) is 20.3 Å². The van der Waals surface area contributed by atoms with Gasteiger partial charge < -0.3 is 10.6 Å². The normalized spacial score (nSPS) is 10.1. The molecule has 18 heavy (non-hydrogen) atoms. The van der Waals surface area contributed by atoms with E-state index < -0.39 is 0 Å². The van der Waals surface area contributed by atoms with Crippen LogP contribution >= 0.6 is 0 Å². The summed E-state index contributed by atoms with van der Waals surface area (Å²) >= 11 is 0. The number of aromatic nitrogens is 2. The van der Waals surface area contributed by atoms with Crippen LogP contribution in [0.15, 0.2) is 36.5 Å². The van der Waals surface area contributed by atoms with E-state index >= 15 is 0 Å². The van der Waals surface area contributed by atoms with Gasteiger partial charge in [0, 0.05) is 18.4 Å². The Hall–Kier alpha value is -2.10. The van der Waals surface area contributed by atoms with E-state index in [0.717, 1.165) is 24.5 Å². The molecule has 94 valence electrons. The molecule has 4 heteroatoms. The van der Waals surface area contributed by atoms with Crippen molar-refractivity contribution < 1.29 is 0 Å². The van der Waals surface area contributed by atoms with Crippen molar-refractivity contribution >= 4 is 17.5 Å². The van der Waals surface area contributed by atoms with E-state index in [1.165, 1.54) is 5.56 Å². The molecule has 0 radical (unpaired) electrons. The zero-order chi connectivity index (χ0) is 12.8. The van der Waals surface area contributed by atoms with Crippen LogP contribution in [0.3, 0.4) is 0 Å². The fourth-order valence-corrected chi connectivity index (χ4v) is 1.76. The second-order valence-corrected chi connectivity index (χ2v) is 3.93. The number of rotatable bonds is 5. The van der Waals surface area contributed by atoms with Crippen LogP contribution < -0.4 is 10.6 Å². The lowest BCUT2D eigenvalue weighted by Gasteiger charge is -2.10. The molecule has 2 aromatic rings. The van der Waals surface area contributed by atoms with E-state index in [9.17, 15) is 0 Å². The van der Waals surface area contributed by atoms with Crippen molar-refractivity contribution in [3.63, 3.8) is 0 Å². The first-order valence-electron chi connectivity index (χ1n) is 6.25. The zero-order valence-corrected chi connectivity index (χ0v) is 10.8. The van der Waals surface area contributed by atoms with Gasteiger partial charge in [-0.25, -0.2) is 4.98 Å². The van der Waals surface area contributed by atoms with Crippen molar-refractivity contribution in [3.8, 4) is 0 Å². The van der Waals surface area contributed by atoms with Crippen LogP contribution in [-0.2, 0) is 6.42 Å². The molecule has 0 unspecified atom stereocenters. The van der Waals surface area contributed by atoms with Gasteiger partial charge in [0.25, 0.3) is 0 Å². The summed E-state index contributed by atoms with van der Waals surface area (Å²) in [5.74, 6) is 1.46. The minimum Gasteiger partial charge on any atom is -0.354 e. The average Bonchev–Trinajstić information content (AvgIpc) is 2.40. The van der Waals surface area contributed by atoms with Crippen molar-refractivity contribution in [2.24, 2.45) is 0 Å². The van der Waals surface area contributed by atoms with Crippen LogP contribution in [0.4, 0.5) is 17.5 Å². The summed E-state index contributed by atoms with van der Waals surface area (Å²) in [5, 5.41) is 6.43. The third-order valence-corrected chi connectivity index (χ3v) is 2.65. The van der Waals surface area contributed by atoms with E-state index in [2.05, 4.69) is 39.7 Å². The number of aryl methyl sites for hydroxylation is 1. The van der Waals surface area contributed by atoms with Gasteiger partial charge in [-0.1, -0.05) is 25.1 Å². The van der Waals surface area contributed by atoms with Crippen molar-refractivity contribution in [1.29, 1.82) is 0 Å². The summed E-state index contributed by atoms with van der Waals surface area (Å²) < 4.78 is 0. The highest BCUT2D eigenvalue weighted by atomic mass is 15.1. The molecule has 0 aliphatic rings. The second-order valence-electron chi connectivity index (χ2n) is 3.93. The van der Waals surface area contributed by atoms with Gasteiger partial charge in [0.2, 0.25) is 5.95 Å². The van der Waals surface area contributed by atoms with Gasteiger partial charge >= 0.3 is 0 Å². The van der Waals surface area contributed by atoms with E-state index in [1.807, 2.05) is 25.1 Å². The molecule has 0 saturated heterocycles. The van der Waals surface area contributed by atoms with Crippen LogP contribution in [0, 0.1) is 0 Å². The Balaban J connectivity index is 2.20. The van der Waals surface area contributed by atoms with Crippen LogP contribution in [0.2, 0.25) is 0 Å². The average molecular weight is 242 g/mol. The Bertz CT molecular complexity index is 511. The van der Waals surface area contributed by atoms with Gasteiger partial charge in [-0.05, 0) is 31.0 Å². The molecule has 4 nitrogen and oxygen atoms in total. The molecule has 2 rings (SSSR count). The predicted octanol–water partition coefficient (Wildman–Crippen LogP) is 3.21. The molecule has 0 aliphatic heterocycles. The van der Waals surface area contributed by atoms with Gasteiger partial charge in [-0.2, -0.15) is 4.98 Å². The van der Waals surface area contributed by atoms with Crippen molar-refractivity contribution in [3.05, 3.63) is 42.1 Å². The molecule has 1 aromatic heterocycles. The molecular weight excluding hydrogens is 224 g/mol. The van der Waals surface area contributed by atoms with E-state index in [4.69, 9.17) is 0 Å². The van der Waals surface area contributed by atoms with Crippen molar-refractivity contribution in [1.82, 2.24) is 9.97 Å². The molecule has 2 N–H and O–H groups in total. The minimum absolute atomic E-state index is 0.650. The monoisotopic (exact) mass is 242 g/mol. The molecule has 0 spiro atoms. The molecule has 1 aromatic carbocycles. The number of hydrogen-bond donors (Lipinski definition) is 2. The number of nitrogens with zero attached hydrogens (tertiary/aromatic N) is 2. The first kappa shape index (κ1) is 12.4. The Morgan fingerprint density at radius 3 is 2.72 bits per heavy atom. The highest BCUT2D eigenvalue weighted by Crippen LogP contribution is 2.20. The lowest BCUT2D eigenvalue weighted by Crippen LogP contribution is -2.04. The largest absolute Gasteiger partial charge is 0.354 e. The SMILES string of the molecule is CCNc1nccc(Nc2ccccc2CC)n1. The summed E-state index contributed by atoms with van der Waals surface area (Å²) in [6.07, 6.45) is 2.75. The lowest BCUT2D eigenvalue weighted by atomic mass is 10.1. The topological polar surface area (TPSA) is 49.8 Å². The highest BCUT2D eigenvalue weighted by Gasteiger charge is 2.02. The minimum atomic E-state index is 0.650.